The number of hydrogen-bond acceptors (Lipinski definition) is 3. The van der Waals surface area contributed by atoms with Gasteiger partial charge in [-0.1, -0.05) is 60.7 Å². The summed E-state index contributed by atoms with van der Waals surface area (Å²) in [5, 5.41) is 11.7. The topological polar surface area (TPSA) is 46.4 Å². The second-order valence-electron chi connectivity index (χ2n) is 6.23. The van der Waals surface area contributed by atoms with E-state index in [4.69, 9.17) is 0 Å². The van der Waals surface area contributed by atoms with Gasteiger partial charge in [0.15, 0.2) is 0 Å². The van der Waals surface area contributed by atoms with Gasteiger partial charge in [-0.25, -0.2) is 0 Å². The summed E-state index contributed by atoms with van der Waals surface area (Å²) >= 11 is 0. The number of rotatable bonds is 4. The molecule has 1 aliphatic heterocycles. The number of hydrogen-bond donors (Lipinski definition) is 0. The van der Waals surface area contributed by atoms with Crippen molar-refractivity contribution >= 4 is 0 Å². The molecule has 0 spiro atoms. The van der Waals surface area contributed by atoms with Gasteiger partial charge in [0.2, 0.25) is 5.54 Å². The van der Waals surface area contributed by atoms with Gasteiger partial charge < -0.3 is 0 Å². The van der Waals surface area contributed by atoms with Gasteiger partial charge >= 0.3 is 0 Å². The third-order valence-corrected chi connectivity index (χ3v) is 4.60. The smallest absolute Gasteiger partial charge is 0.239 e. The molecular weight excluding hydrogens is 276 g/mol. The van der Waals surface area contributed by atoms with Crippen LogP contribution in [0.1, 0.15) is 24.0 Å². The van der Waals surface area contributed by atoms with E-state index in [2.05, 4.69) is 17.0 Å². The van der Waals surface area contributed by atoms with Crippen LogP contribution in [0.3, 0.4) is 0 Å². The zero-order chi connectivity index (χ0) is 15.6. The van der Waals surface area contributed by atoms with E-state index in [9.17, 15) is 10.1 Å². The molecule has 22 heavy (non-hydrogen) atoms. The van der Waals surface area contributed by atoms with E-state index in [1.165, 1.54) is 5.56 Å². The minimum atomic E-state index is -0.934. The summed E-state index contributed by atoms with van der Waals surface area (Å²) in [6.07, 6.45) is 0. The zero-order valence-electron chi connectivity index (χ0n) is 12.7. The predicted octanol–water partition coefficient (Wildman–Crippen LogP) is 3.32. The lowest BCUT2D eigenvalue weighted by atomic mass is 9.84. The Hall–Kier alpha value is -2.20. The fraction of sp³-hybridized carbons (Fsp3) is 0.333. The Morgan fingerprint density at radius 1 is 1.14 bits per heavy atom. The van der Waals surface area contributed by atoms with Crippen LogP contribution in [0.2, 0.25) is 0 Å². The van der Waals surface area contributed by atoms with Crippen molar-refractivity contribution in [3.05, 3.63) is 81.9 Å². The van der Waals surface area contributed by atoms with Gasteiger partial charge in [-0.05, 0) is 11.1 Å². The third-order valence-electron chi connectivity index (χ3n) is 4.60. The second-order valence-corrected chi connectivity index (χ2v) is 6.23. The van der Waals surface area contributed by atoms with Crippen LogP contribution in [0.4, 0.5) is 0 Å². The van der Waals surface area contributed by atoms with E-state index in [0.717, 1.165) is 18.7 Å². The summed E-state index contributed by atoms with van der Waals surface area (Å²) in [5.41, 5.74) is 1.31. The lowest BCUT2D eigenvalue weighted by Crippen LogP contribution is -2.42. The molecule has 2 unspecified atom stereocenters. The minimum absolute atomic E-state index is 0.0765. The SMILES string of the molecule is CC1([N+](=O)[O-])CN(Cc2ccccc2)CC1c1ccccc1. The van der Waals surface area contributed by atoms with Crippen molar-refractivity contribution in [2.45, 2.75) is 24.9 Å². The van der Waals surface area contributed by atoms with Crippen LogP contribution in [-0.4, -0.2) is 28.5 Å². The molecule has 0 aliphatic carbocycles. The Kier molecular flexibility index (Phi) is 3.94. The zero-order valence-corrected chi connectivity index (χ0v) is 12.7. The van der Waals surface area contributed by atoms with Gasteiger partial charge in [-0.3, -0.25) is 15.0 Å². The summed E-state index contributed by atoms with van der Waals surface area (Å²) in [5.74, 6) is -0.0765. The molecular formula is C18H20N2O2. The monoisotopic (exact) mass is 296 g/mol. The van der Waals surface area contributed by atoms with Gasteiger partial charge in [0.25, 0.3) is 0 Å². The highest BCUT2D eigenvalue weighted by molar-refractivity contribution is 5.26. The number of nitrogens with zero attached hydrogens (tertiary/aromatic N) is 2. The summed E-state index contributed by atoms with van der Waals surface area (Å²) < 4.78 is 0. The molecule has 4 nitrogen and oxygen atoms in total. The first-order valence-corrected chi connectivity index (χ1v) is 7.55. The first-order chi connectivity index (χ1) is 10.6. The first-order valence-electron chi connectivity index (χ1n) is 7.55. The van der Waals surface area contributed by atoms with Crippen molar-refractivity contribution in [3.8, 4) is 0 Å². The Morgan fingerprint density at radius 2 is 1.73 bits per heavy atom. The molecule has 0 saturated carbocycles. The Labute approximate surface area is 130 Å². The summed E-state index contributed by atoms with van der Waals surface area (Å²) in [6, 6.07) is 20.0. The molecule has 2 atom stereocenters. The summed E-state index contributed by atoms with van der Waals surface area (Å²) in [4.78, 5) is 13.8. The average molecular weight is 296 g/mol. The predicted molar refractivity (Wildman–Crippen MR) is 86.3 cm³/mol. The van der Waals surface area contributed by atoms with Crippen molar-refractivity contribution < 1.29 is 4.92 Å². The molecule has 2 aromatic rings. The molecule has 2 aromatic carbocycles. The largest absolute Gasteiger partial charge is 0.291 e. The summed E-state index contributed by atoms with van der Waals surface area (Å²) in [6.45, 7) is 3.73. The molecule has 1 heterocycles. The first kappa shape index (κ1) is 14.7. The molecule has 0 bridgehead atoms. The van der Waals surface area contributed by atoms with E-state index in [-0.39, 0.29) is 10.8 Å². The van der Waals surface area contributed by atoms with Crippen LogP contribution in [0.15, 0.2) is 60.7 Å². The maximum Gasteiger partial charge on any atom is 0.239 e. The maximum atomic E-state index is 11.7. The quantitative estimate of drug-likeness (QED) is 0.642. The maximum absolute atomic E-state index is 11.7. The fourth-order valence-corrected chi connectivity index (χ4v) is 3.38. The lowest BCUT2D eigenvalue weighted by Gasteiger charge is -2.22. The van der Waals surface area contributed by atoms with E-state index in [1.807, 2.05) is 48.5 Å². The molecule has 0 radical (unpaired) electrons. The standard InChI is InChI=1S/C18H20N2O2/c1-18(20(21)22)14-19(12-15-8-4-2-5-9-15)13-17(18)16-10-6-3-7-11-16/h2-11,17H,12-14H2,1H3. The Morgan fingerprint density at radius 3 is 2.32 bits per heavy atom. The molecule has 0 amide bonds. The molecule has 4 heteroatoms. The van der Waals surface area contributed by atoms with Crippen molar-refractivity contribution in [2.75, 3.05) is 13.1 Å². The Bertz CT molecular complexity index is 645. The van der Waals surface area contributed by atoms with Crippen LogP contribution in [-0.2, 0) is 6.54 Å². The van der Waals surface area contributed by atoms with Crippen LogP contribution >= 0.6 is 0 Å². The van der Waals surface area contributed by atoms with Crippen molar-refractivity contribution in [2.24, 2.45) is 0 Å². The van der Waals surface area contributed by atoms with Gasteiger partial charge in [0.05, 0.1) is 12.5 Å². The normalized spacial score (nSPS) is 25.2. The van der Waals surface area contributed by atoms with Gasteiger partial charge in [0.1, 0.15) is 0 Å². The minimum Gasteiger partial charge on any atom is -0.291 e. The van der Waals surface area contributed by atoms with E-state index in [1.54, 1.807) is 6.92 Å². The van der Waals surface area contributed by atoms with Gasteiger partial charge in [-0.2, -0.15) is 0 Å². The fourth-order valence-electron chi connectivity index (χ4n) is 3.38. The number of likely N-dealkylation sites (tertiary alicyclic amines) is 1. The van der Waals surface area contributed by atoms with E-state index < -0.39 is 5.54 Å². The second kappa shape index (κ2) is 5.89. The molecule has 1 fully saturated rings. The van der Waals surface area contributed by atoms with Gasteiger partial charge in [-0.15, -0.1) is 0 Å². The Balaban J connectivity index is 1.85. The highest BCUT2D eigenvalue weighted by Gasteiger charge is 2.53. The van der Waals surface area contributed by atoms with Gasteiger partial charge in [0, 0.05) is 24.9 Å². The van der Waals surface area contributed by atoms with Crippen LogP contribution in [0, 0.1) is 10.1 Å². The summed E-state index contributed by atoms with van der Waals surface area (Å²) in [7, 11) is 0. The molecule has 0 aromatic heterocycles. The number of benzene rings is 2. The van der Waals surface area contributed by atoms with E-state index >= 15 is 0 Å². The van der Waals surface area contributed by atoms with Crippen molar-refractivity contribution in [1.29, 1.82) is 0 Å². The van der Waals surface area contributed by atoms with Crippen LogP contribution < -0.4 is 0 Å². The highest BCUT2D eigenvalue weighted by Crippen LogP contribution is 2.38. The lowest BCUT2D eigenvalue weighted by molar-refractivity contribution is -0.564. The highest BCUT2D eigenvalue weighted by atomic mass is 16.6. The average Bonchev–Trinajstić information content (AvgIpc) is 2.87. The molecule has 1 saturated heterocycles. The van der Waals surface area contributed by atoms with Crippen LogP contribution in [0.25, 0.3) is 0 Å². The molecule has 3 rings (SSSR count). The molecule has 1 aliphatic rings. The third kappa shape index (κ3) is 2.74. The van der Waals surface area contributed by atoms with Crippen molar-refractivity contribution in [3.63, 3.8) is 0 Å². The number of nitro groups is 1. The van der Waals surface area contributed by atoms with Crippen molar-refractivity contribution in [1.82, 2.24) is 4.90 Å². The van der Waals surface area contributed by atoms with E-state index in [0.29, 0.717) is 6.54 Å². The molecule has 114 valence electrons. The molecule has 0 N–H and O–H groups in total. The van der Waals surface area contributed by atoms with Crippen LogP contribution in [0.5, 0.6) is 0 Å².